The topological polar surface area (TPSA) is 135 Å². The number of methoxy groups -OCH3 is 1. The average molecular weight is 562 g/mol. The maximum atomic E-state index is 5.93. The van der Waals surface area contributed by atoms with Gasteiger partial charge in [0.2, 0.25) is 17.8 Å². The van der Waals surface area contributed by atoms with Gasteiger partial charge in [0.15, 0.2) is 0 Å². The quantitative estimate of drug-likeness (QED) is 0.111. The molecule has 0 radical (unpaired) electrons. The van der Waals surface area contributed by atoms with Crippen molar-refractivity contribution in [1.82, 2.24) is 15.0 Å². The molecule has 0 aliphatic carbocycles. The van der Waals surface area contributed by atoms with Crippen LogP contribution in [0.1, 0.15) is 46.5 Å². The molecule has 0 spiro atoms. The van der Waals surface area contributed by atoms with Gasteiger partial charge in [-0.3, -0.25) is 0 Å². The number of rotatable bonds is 18. The number of aromatic nitrogens is 3. The highest BCUT2D eigenvalue weighted by Crippen LogP contribution is 2.24. The van der Waals surface area contributed by atoms with E-state index in [9.17, 15) is 0 Å². The van der Waals surface area contributed by atoms with Crippen LogP contribution in [0, 0.1) is 5.92 Å². The lowest BCUT2D eigenvalue weighted by Gasteiger charge is -2.18. The zero-order chi connectivity index (χ0) is 29.3. The normalized spacial score (nSPS) is 12.1. The summed E-state index contributed by atoms with van der Waals surface area (Å²) in [5.74, 6) is 2.38. The highest BCUT2D eigenvalue weighted by molar-refractivity contribution is 5.55. The molecule has 0 aliphatic heterocycles. The van der Waals surface area contributed by atoms with E-state index >= 15 is 0 Å². The van der Waals surface area contributed by atoms with E-state index in [4.69, 9.17) is 15.2 Å². The van der Waals surface area contributed by atoms with E-state index in [-0.39, 0.29) is 5.95 Å². The van der Waals surface area contributed by atoms with Crippen LogP contribution < -0.4 is 26.0 Å². The summed E-state index contributed by atoms with van der Waals surface area (Å²) in [6, 6.07) is 15.3. The van der Waals surface area contributed by atoms with Gasteiger partial charge in [-0.05, 0) is 67.8 Å². The largest absolute Gasteiger partial charge is 0.491 e. The molecule has 41 heavy (non-hydrogen) atoms. The third-order valence-corrected chi connectivity index (χ3v) is 6.41. The third-order valence-electron chi connectivity index (χ3n) is 6.41. The summed E-state index contributed by atoms with van der Waals surface area (Å²) < 4.78 is 10.6. The molecule has 220 valence electrons. The first-order valence-corrected chi connectivity index (χ1v) is 14.2. The molecule has 3 rings (SSSR count). The maximum absolute atomic E-state index is 5.93. The van der Waals surface area contributed by atoms with E-state index in [0.717, 1.165) is 42.3 Å². The van der Waals surface area contributed by atoms with Crippen molar-refractivity contribution in [2.75, 3.05) is 54.7 Å². The number of hydrogen-bond acceptors (Lipinski definition) is 11. The van der Waals surface area contributed by atoms with Crippen LogP contribution in [0.4, 0.5) is 34.9 Å². The van der Waals surface area contributed by atoms with E-state index < -0.39 is 0 Å². The number of ether oxygens (including phenoxy) is 2. The summed E-state index contributed by atoms with van der Waals surface area (Å²) in [5.41, 5.74) is 8.44. The predicted molar refractivity (Wildman–Crippen MR) is 166 cm³/mol. The molecule has 0 amide bonds. The molecule has 1 atom stereocenters. The molecule has 1 heterocycles. The minimum atomic E-state index is 0.170. The molecule has 4 N–H and O–H groups in total. The Morgan fingerprint density at radius 3 is 2.24 bits per heavy atom. The molecule has 1 aromatic heterocycles. The van der Waals surface area contributed by atoms with Crippen LogP contribution in [-0.2, 0) is 4.74 Å². The van der Waals surface area contributed by atoms with Gasteiger partial charge < -0.3 is 30.7 Å². The minimum absolute atomic E-state index is 0.170. The summed E-state index contributed by atoms with van der Waals surface area (Å²) in [4.78, 5) is 15.0. The molecular formula is C30H43N9O2. The van der Waals surface area contributed by atoms with Crippen molar-refractivity contribution in [3.05, 3.63) is 60.9 Å². The summed E-state index contributed by atoms with van der Waals surface area (Å²) in [6.45, 7) is 9.12. The number of nitrogens with one attached hydrogen (secondary N) is 2. The Hall–Kier alpha value is -4.25. The lowest BCUT2D eigenvalue weighted by atomic mass is 9.99. The fraction of sp³-hybridized carbons (Fsp3) is 0.433. The number of nitrogen functional groups attached to an aromatic ring is 1. The van der Waals surface area contributed by atoms with Gasteiger partial charge in [-0.1, -0.05) is 33.1 Å². The maximum Gasteiger partial charge on any atom is 0.233 e. The van der Waals surface area contributed by atoms with Gasteiger partial charge in [-0.2, -0.15) is 25.2 Å². The van der Waals surface area contributed by atoms with E-state index in [1.165, 1.54) is 19.3 Å². The second-order valence-electron chi connectivity index (χ2n) is 9.44. The molecule has 2 aromatic carbocycles. The lowest BCUT2D eigenvalue weighted by molar-refractivity contribution is 0.146. The molecule has 11 heteroatoms. The van der Waals surface area contributed by atoms with Crippen LogP contribution in [0.2, 0.25) is 0 Å². The number of unbranched alkanes of at least 4 members (excludes halogenated alkanes) is 1. The van der Waals surface area contributed by atoms with E-state index in [0.29, 0.717) is 31.0 Å². The zero-order valence-electron chi connectivity index (χ0n) is 24.6. The lowest BCUT2D eigenvalue weighted by Crippen LogP contribution is -2.17. The molecule has 3 aromatic rings. The van der Waals surface area contributed by atoms with Gasteiger partial charge in [-0.15, -0.1) is 0 Å². The molecule has 0 fully saturated rings. The van der Waals surface area contributed by atoms with Gasteiger partial charge in [0, 0.05) is 38.3 Å². The van der Waals surface area contributed by atoms with E-state index in [1.807, 2.05) is 54.7 Å². The van der Waals surface area contributed by atoms with Crippen LogP contribution in [0.3, 0.4) is 0 Å². The summed E-state index contributed by atoms with van der Waals surface area (Å²) >= 11 is 0. The Morgan fingerprint density at radius 2 is 1.61 bits per heavy atom. The molecule has 1 unspecified atom stereocenters. The van der Waals surface area contributed by atoms with Crippen molar-refractivity contribution >= 4 is 34.9 Å². The molecule has 0 bridgehead atoms. The monoisotopic (exact) mass is 561 g/mol. The molecule has 11 nitrogen and oxygen atoms in total. The first-order valence-electron chi connectivity index (χ1n) is 14.2. The van der Waals surface area contributed by atoms with Crippen LogP contribution in [-0.4, -0.2) is 48.4 Å². The van der Waals surface area contributed by atoms with Crippen molar-refractivity contribution < 1.29 is 9.47 Å². The second kappa shape index (κ2) is 17.4. The van der Waals surface area contributed by atoms with E-state index in [1.54, 1.807) is 13.3 Å². The standard InChI is InChI=1S/C30H43N9O2/c1-5-8-9-23(6-2)22-33-30-35-28(31)34-29(36-30)32-18-19-39(7-3)26-14-10-24(11-15-26)37-38-25-12-16-27(17-13-25)41-21-20-40-4/h10-19,23H,5-9,20-22H2,1-4H3,(H4,31,32,33,34,35,36)/b19-18+,38-37?. The van der Waals surface area contributed by atoms with Gasteiger partial charge in [0.05, 0.1) is 18.0 Å². The molecule has 0 saturated carbocycles. The van der Waals surface area contributed by atoms with Crippen LogP contribution in [0.25, 0.3) is 0 Å². The Kier molecular flexibility index (Phi) is 13.3. The Morgan fingerprint density at radius 1 is 0.927 bits per heavy atom. The second-order valence-corrected chi connectivity index (χ2v) is 9.44. The molecular weight excluding hydrogens is 518 g/mol. The fourth-order valence-electron chi connectivity index (χ4n) is 3.97. The number of nitrogens with zero attached hydrogens (tertiary/aromatic N) is 6. The third kappa shape index (κ3) is 11.0. The van der Waals surface area contributed by atoms with Crippen LogP contribution >= 0.6 is 0 Å². The number of nitrogens with two attached hydrogens (primary N) is 1. The number of hydrogen-bond donors (Lipinski definition) is 3. The van der Waals surface area contributed by atoms with Crippen molar-refractivity contribution in [3.63, 3.8) is 0 Å². The smallest absolute Gasteiger partial charge is 0.233 e. The van der Waals surface area contributed by atoms with Crippen LogP contribution in [0.15, 0.2) is 71.2 Å². The highest BCUT2D eigenvalue weighted by atomic mass is 16.5. The van der Waals surface area contributed by atoms with Crippen molar-refractivity contribution in [3.8, 4) is 5.75 Å². The van der Waals surface area contributed by atoms with Crippen molar-refractivity contribution in [2.45, 2.75) is 46.5 Å². The van der Waals surface area contributed by atoms with Gasteiger partial charge in [-0.25, -0.2) is 0 Å². The molecule has 0 aliphatic rings. The fourth-order valence-corrected chi connectivity index (χ4v) is 3.97. The zero-order valence-corrected chi connectivity index (χ0v) is 24.6. The minimum Gasteiger partial charge on any atom is -0.491 e. The number of azo groups is 1. The Labute approximate surface area is 243 Å². The summed E-state index contributed by atoms with van der Waals surface area (Å²) in [5, 5.41) is 15.1. The van der Waals surface area contributed by atoms with Gasteiger partial charge >= 0.3 is 0 Å². The highest BCUT2D eigenvalue weighted by Gasteiger charge is 2.09. The number of benzene rings is 2. The number of anilines is 4. The van der Waals surface area contributed by atoms with Crippen molar-refractivity contribution in [1.29, 1.82) is 0 Å². The first kappa shape index (κ1) is 31.3. The van der Waals surface area contributed by atoms with E-state index in [2.05, 4.69) is 61.5 Å². The van der Waals surface area contributed by atoms with Crippen LogP contribution in [0.5, 0.6) is 5.75 Å². The Bertz CT molecular complexity index is 1220. The molecule has 0 saturated heterocycles. The Balaban J connectivity index is 1.54. The summed E-state index contributed by atoms with van der Waals surface area (Å²) in [7, 11) is 1.65. The van der Waals surface area contributed by atoms with Crippen molar-refractivity contribution in [2.24, 2.45) is 16.1 Å². The van der Waals surface area contributed by atoms with Gasteiger partial charge in [0.25, 0.3) is 0 Å². The predicted octanol–water partition coefficient (Wildman–Crippen LogP) is 6.93. The SMILES string of the molecule is CCCCC(CC)CNc1nc(N)nc(N/C=C/N(CC)c2ccc(N=Nc3ccc(OCCOC)cc3)cc2)n1. The average Bonchev–Trinajstić information content (AvgIpc) is 2.99. The van der Waals surface area contributed by atoms with Gasteiger partial charge in [0.1, 0.15) is 12.4 Å². The summed E-state index contributed by atoms with van der Waals surface area (Å²) in [6.07, 6.45) is 8.43. The first-order chi connectivity index (χ1) is 20.0.